The minimum absolute atomic E-state index is 0.0211. The topological polar surface area (TPSA) is 58.6 Å². The van der Waals surface area contributed by atoms with Gasteiger partial charge < -0.3 is 15.0 Å². The molecule has 3 aromatic rings. The van der Waals surface area contributed by atoms with E-state index in [2.05, 4.69) is 5.32 Å². The van der Waals surface area contributed by atoms with Gasteiger partial charge in [-0.05, 0) is 41.8 Å². The Morgan fingerprint density at radius 1 is 1.00 bits per heavy atom. The number of fused-ring (bicyclic) bond motifs is 1. The van der Waals surface area contributed by atoms with E-state index in [1.807, 2.05) is 60.7 Å². The molecule has 0 radical (unpaired) electrons. The molecule has 0 fully saturated rings. The van der Waals surface area contributed by atoms with Crippen molar-refractivity contribution < 1.29 is 14.3 Å². The zero-order valence-electron chi connectivity index (χ0n) is 16.5. The van der Waals surface area contributed by atoms with Crippen LogP contribution in [0, 0.1) is 0 Å². The van der Waals surface area contributed by atoms with Crippen LogP contribution in [0.2, 0.25) is 0 Å². The molecule has 0 saturated carbocycles. The molecule has 1 heterocycles. The number of anilines is 2. The van der Waals surface area contributed by atoms with Gasteiger partial charge in [0.1, 0.15) is 5.75 Å². The second-order valence-electron chi connectivity index (χ2n) is 6.99. The van der Waals surface area contributed by atoms with E-state index in [4.69, 9.17) is 4.74 Å². The molecular weight excluding hydrogens is 376 g/mol. The summed E-state index contributed by atoms with van der Waals surface area (Å²) < 4.78 is 5.57. The summed E-state index contributed by atoms with van der Waals surface area (Å²) in [6.45, 7) is 0.567. The van der Waals surface area contributed by atoms with Crippen LogP contribution >= 0.6 is 0 Å². The molecule has 4 rings (SSSR count). The quantitative estimate of drug-likeness (QED) is 0.630. The minimum atomic E-state index is -0.238. The van der Waals surface area contributed by atoms with Crippen molar-refractivity contribution in [2.75, 3.05) is 23.4 Å². The van der Waals surface area contributed by atoms with E-state index in [1.54, 1.807) is 29.2 Å². The molecule has 0 atom stereocenters. The van der Waals surface area contributed by atoms with Gasteiger partial charge in [-0.25, -0.2) is 0 Å². The van der Waals surface area contributed by atoms with Crippen molar-refractivity contribution in [2.45, 2.75) is 6.42 Å². The average Bonchev–Trinajstić information content (AvgIpc) is 2.78. The Hall–Kier alpha value is -3.86. The third-order valence-corrected chi connectivity index (χ3v) is 4.86. The fourth-order valence-corrected chi connectivity index (χ4v) is 3.33. The van der Waals surface area contributed by atoms with Crippen LogP contribution in [0.15, 0.2) is 84.9 Å². The predicted molar refractivity (Wildman–Crippen MR) is 119 cm³/mol. The van der Waals surface area contributed by atoms with Crippen LogP contribution in [-0.4, -0.2) is 25.0 Å². The Morgan fingerprint density at radius 3 is 2.50 bits per heavy atom. The smallest absolute Gasteiger partial charge is 0.265 e. The molecule has 0 spiro atoms. The van der Waals surface area contributed by atoms with E-state index in [9.17, 15) is 9.59 Å². The van der Waals surface area contributed by atoms with E-state index in [0.717, 1.165) is 17.5 Å². The fraction of sp³-hybridized carbons (Fsp3) is 0.120. The molecule has 5 heteroatoms. The molecule has 1 aliphatic rings. The summed E-state index contributed by atoms with van der Waals surface area (Å²) >= 11 is 0. The summed E-state index contributed by atoms with van der Waals surface area (Å²) in [4.78, 5) is 26.5. The van der Waals surface area contributed by atoms with Crippen molar-refractivity contribution in [3.05, 3.63) is 96.1 Å². The first-order valence-corrected chi connectivity index (χ1v) is 9.84. The molecule has 0 bridgehead atoms. The van der Waals surface area contributed by atoms with Crippen LogP contribution in [0.3, 0.4) is 0 Å². The molecule has 2 amide bonds. The maximum absolute atomic E-state index is 12.5. The summed E-state index contributed by atoms with van der Waals surface area (Å²) in [5.74, 6) is 0.309. The second kappa shape index (κ2) is 9.09. The number of amides is 2. The van der Waals surface area contributed by atoms with Gasteiger partial charge in [0.25, 0.3) is 5.91 Å². The highest BCUT2D eigenvalue weighted by atomic mass is 16.5. The molecule has 30 heavy (non-hydrogen) atoms. The molecule has 150 valence electrons. The van der Waals surface area contributed by atoms with Gasteiger partial charge in [-0.15, -0.1) is 0 Å². The van der Waals surface area contributed by atoms with Gasteiger partial charge in [-0.2, -0.15) is 0 Å². The lowest BCUT2D eigenvalue weighted by Gasteiger charge is -2.30. The highest BCUT2D eigenvalue weighted by molar-refractivity contribution is 6.03. The SMILES string of the molecule is O=C(/C=C/c1ccccc1)Nc1ccc2c(c1)N(CCc1ccccc1)C(=O)CO2. The summed E-state index contributed by atoms with van der Waals surface area (Å²) in [7, 11) is 0. The lowest BCUT2D eigenvalue weighted by atomic mass is 10.1. The third-order valence-electron chi connectivity index (χ3n) is 4.86. The normalized spacial score (nSPS) is 13.1. The van der Waals surface area contributed by atoms with Crippen LogP contribution in [0.1, 0.15) is 11.1 Å². The number of hydrogen-bond donors (Lipinski definition) is 1. The lowest BCUT2D eigenvalue weighted by Crippen LogP contribution is -2.40. The Labute approximate surface area is 175 Å². The molecule has 5 nitrogen and oxygen atoms in total. The Kier molecular flexibility index (Phi) is 5.90. The zero-order chi connectivity index (χ0) is 20.8. The molecule has 3 aromatic carbocycles. The lowest BCUT2D eigenvalue weighted by molar-refractivity contribution is -0.121. The first-order valence-electron chi connectivity index (χ1n) is 9.84. The molecule has 0 unspecified atom stereocenters. The number of nitrogens with one attached hydrogen (secondary N) is 1. The van der Waals surface area contributed by atoms with E-state index in [-0.39, 0.29) is 18.4 Å². The van der Waals surface area contributed by atoms with Gasteiger partial charge in [-0.1, -0.05) is 60.7 Å². The largest absolute Gasteiger partial charge is 0.482 e. The average molecular weight is 398 g/mol. The minimum Gasteiger partial charge on any atom is -0.482 e. The van der Waals surface area contributed by atoms with Crippen LogP contribution in [-0.2, 0) is 16.0 Å². The van der Waals surface area contributed by atoms with Gasteiger partial charge in [0.15, 0.2) is 6.61 Å². The van der Waals surface area contributed by atoms with Crippen LogP contribution in [0.4, 0.5) is 11.4 Å². The molecular formula is C25H22N2O3. The summed E-state index contributed by atoms with van der Waals surface area (Å²) in [5, 5.41) is 2.85. The number of hydrogen-bond acceptors (Lipinski definition) is 3. The van der Waals surface area contributed by atoms with Crippen LogP contribution < -0.4 is 15.0 Å². The van der Waals surface area contributed by atoms with Gasteiger partial charge in [-0.3, -0.25) is 9.59 Å². The maximum Gasteiger partial charge on any atom is 0.265 e. The van der Waals surface area contributed by atoms with Crippen molar-refractivity contribution in [3.8, 4) is 5.75 Å². The zero-order valence-corrected chi connectivity index (χ0v) is 16.5. The summed E-state index contributed by atoms with van der Waals surface area (Å²) in [6, 6.07) is 25.0. The Bertz CT molecular complexity index is 1060. The number of carbonyl (C=O) groups is 2. The first kappa shape index (κ1) is 19.5. The highest BCUT2D eigenvalue weighted by Crippen LogP contribution is 2.34. The summed E-state index contributed by atoms with van der Waals surface area (Å²) in [6.07, 6.45) is 3.98. The predicted octanol–water partition coefficient (Wildman–Crippen LogP) is 4.31. The van der Waals surface area contributed by atoms with Crippen LogP contribution in [0.25, 0.3) is 6.08 Å². The van der Waals surface area contributed by atoms with E-state index < -0.39 is 0 Å². The van der Waals surface area contributed by atoms with Gasteiger partial charge in [0.05, 0.1) is 5.69 Å². The van der Waals surface area contributed by atoms with Crippen molar-refractivity contribution in [2.24, 2.45) is 0 Å². The number of ether oxygens (including phenoxy) is 1. The number of benzene rings is 3. The van der Waals surface area contributed by atoms with E-state index >= 15 is 0 Å². The van der Waals surface area contributed by atoms with Crippen molar-refractivity contribution in [1.82, 2.24) is 0 Å². The molecule has 1 N–H and O–H groups in total. The molecule has 1 aliphatic heterocycles. The number of rotatable bonds is 6. The molecule has 0 saturated heterocycles. The fourth-order valence-electron chi connectivity index (χ4n) is 3.33. The first-order chi connectivity index (χ1) is 14.7. The van der Waals surface area contributed by atoms with Crippen molar-refractivity contribution in [1.29, 1.82) is 0 Å². The van der Waals surface area contributed by atoms with Crippen molar-refractivity contribution >= 4 is 29.3 Å². The Morgan fingerprint density at radius 2 is 1.73 bits per heavy atom. The monoisotopic (exact) mass is 398 g/mol. The van der Waals surface area contributed by atoms with Gasteiger partial charge >= 0.3 is 0 Å². The standard InChI is InChI=1S/C25H22N2O3/c28-24(14-11-19-7-3-1-4-8-19)26-21-12-13-23-22(17-21)27(25(29)18-30-23)16-15-20-9-5-2-6-10-20/h1-14,17H,15-16,18H2,(H,26,28)/b14-11+. The third kappa shape index (κ3) is 4.75. The maximum atomic E-state index is 12.5. The summed E-state index contributed by atoms with van der Waals surface area (Å²) in [5.41, 5.74) is 3.39. The highest BCUT2D eigenvalue weighted by Gasteiger charge is 2.25. The van der Waals surface area contributed by atoms with Gasteiger partial charge in [0.2, 0.25) is 5.91 Å². The second-order valence-corrected chi connectivity index (χ2v) is 6.99. The van der Waals surface area contributed by atoms with Crippen molar-refractivity contribution in [3.63, 3.8) is 0 Å². The van der Waals surface area contributed by atoms with Crippen LogP contribution in [0.5, 0.6) is 5.75 Å². The number of nitrogens with zero attached hydrogens (tertiary/aromatic N) is 1. The van der Waals surface area contributed by atoms with Gasteiger partial charge in [0, 0.05) is 18.3 Å². The molecule has 0 aliphatic carbocycles. The number of carbonyl (C=O) groups excluding carboxylic acids is 2. The van der Waals surface area contributed by atoms with E-state index in [0.29, 0.717) is 23.7 Å². The van der Waals surface area contributed by atoms with E-state index in [1.165, 1.54) is 6.08 Å². The Balaban J connectivity index is 1.48. The molecule has 0 aromatic heterocycles.